The van der Waals surface area contributed by atoms with Gasteiger partial charge in [-0.05, 0) is 56.3 Å². The van der Waals surface area contributed by atoms with Crippen molar-refractivity contribution in [3.05, 3.63) is 35.4 Å². The molecule has 0 bridgehead atoms. The molecule has 1 N–H and O–H groups in total. The number of nitrogens with one attached hydrogen (secondary N) is 1. The largest absolute Gasteiger partial charge is 0.309 e. The number of fused-ring (bicyclic) bond motifs is 1. The fourth-order valence-corrected chi connectivity index (χ4v) is 3.82. The lowest BCUT2D eigenvalue weighted by Gasteiger charge is -2.41. The molecule has 2 heteroatoms. The molecule has 0 spiro atoms. The molecule has 2 atom stereocenters. The van der Waals surface area contributed by atoms with Gasteiger partial charge in [0, 0.05) is 18.1 Å². The second-order valence-corrected chi connectivity index (χ2v) is 6.30. The molecule has 3 rings (SSSR count). The number of nitrogens with zero attached hydrogens (tertiary/aromatic N) is 1. The summed E-state index contributed by atoms with van der Waals surface area (Å²) in [5.41, 5.74) is 3.11. The summed E-state index contributed by atoms with van der Waals surface area (Å²) in [5.74, 6) is 0. The van der Waals surface area contributed by atoms with Gasteiger partial charge in [-0.3, -0.25) is 4.90 Å². The normalized spacial score (nSPS) is 25.8. The Labute approximate surface area is 123 Å². The molecule has 0 radical (unpaired) electrons. The van der Waals surface area contributed by atoms with Crippen LogP contribution < -0.4 is 5.32 Å². The van der Waals surface area contributed by atoms with E-state index in [1.54, 1.807) is 11.1 Å². The fourth-order valence-electron chi connectivity index (χ4n) is 3.82. The molecule has 0 heterocycles. The van der Waals surface area contributed by atoms with Crippen molar-refractivity contribution >= 4 is 0 Å². The third-order valence-corrected chi connectivity index (χ3v) is 4.91. The Hall–Kier alpha value is -0.860. The van der Waals surface area contributed by atoms with Crippen LogP contribution in [0.25, 0.3) is 0 Å². The lowest BCUT2D eigenvalue weighted by atomic mass is 9.83. The lowest BCUT2D eigenvalue weighted by molar-refractivity contribution is 0.138. The van der Waals surface area contributed by atoms with Crippen LogP contribution in [-0.4, -0.2) is 30.1 Å². The summed E-state index contributed by atoms with van der Waals surface area (Å²) in [6.07, 6.45) is 6.58. The van der Waals surface area contributed by atoms with E-state index in [0.29, 0.717) is 12.1 Å². The zero-order chi connectivity index (χ0) is 13.9. The van der Waals surface area contributed by atoms with E-state index >= 15 is 0 Å². The van der Waals surface area contributed by atoms with Crippen LogP contribution in [0.4, 0.5) is 0 Å². The van der Waals surface area contributed by atoms with Gasteiger partial charge in [-0.15, -0.1) is 0 Å². The van der Waals surface area contributed by atoms with Crippen molar-refractivity contribution in [3.8, 4) is 0 Å². The summed E-state index contributed by atoms with van der Waals surface area (Å²) < 4.78 is 0. The molecule has 1 fully saturated rings. The Bertz CT molecular complexity index is 439. The third kappa shape index (κ3) is 2.77. The van der Waals surface area contributed by atoms with Gasteiger partial charge in [-0.1, -0.05) is 38.1 Å². The predicted molar refractivity (Wildman–Crippen MR) is 85.0 cm³/mol. The quantitative estimate of drug-likeness (QED) is 0.852. The maximum atomic E-state index is 3.83. The molecule has 0 aliphatic heterocycles. The molecule has 2 aliphatic rings. The molecular formula is C18H28N2. The monoisotopic (exact) mass is 272 g/mol. The van der Waals surface area contributed by atoms with E-state index in [2.05, 4.69) is 48.3 Å². The van der Waals surface area contributed by atoms with Crippen molar-refractivity contribution in [3.63, 3.8) is 0 Å². The molecule has 110 valence electrons. The fraction of sp³-hybridized carbons (Fsp3) is 0.667. The molecule has 2 unspecified atom stereocenters. The van der Waals surface area contributed by atoms with Crippen LogP contribution in [0.3, 0.4) is 0 Å². The Morgan fingerprint density at radius 2 is 1.95 bits per heavy atom. The van der Waals surface area contributed by atoms with E-state index in [4.69, 9.17) is 0 Å². The second-order valence-electron chi connectivity index (χ2n) is 6.30. The average Bonchev–Trinajstić information content (AvgIpc) is 3.31. The summed E-state index contributed by atoms with van der Waals surface area (Å²) in [6.45, 7) is 6.91. The maximum absolute atomic E-state index is 3.83. The first-order valence-corrected chi connectivity index (χ1v) is 8.42. The van der Waals surface area contributed by atoms with Crippen LogP contribution in [0, 0.1) is 0 Å². The molecule has 0 saturated heterocycles. The summed E-state index contributed by atoms with van der Waals surface area (Å²) >= 11 is 0. The minimum Gasteiger partial charge on any atom is -0.309 e. The first-order valence-electron chi connectivity index (χ1n) is 8.42. The molecule has 1 aromatic carbocycles. The second kappa shape index (κ2) is 6.28. The van der Waals surface area contributed by atoms with E-state index in [1.165, 1.54) is 38.6 Å². The molecule has 1 aromatic rings. The van der Waals surface area contributed by atoms with E-state index < -0.39 is 0 Å². The Balaban J connectivity index is 1.85. The van der Waals surface area contributed by atoms with Gasteiger partial charge < -0.3 is 5.32 Å². The zero-order valence-electron chi connectivity index (χ0n) is 12.9. The number of hydrogen-bond donors (Lipinski definition) is 1. The number of likely N-dealkylation sites (N-methyl/N-ethyl adjacent to an activating group) is 1. The molecule has 1 saturated carbocycles. The SMILES string of the molecule is CCCNC1c2ccccc2CCC1N(CC)C1CC1. The Morgan fingerprint density at radius 3 is 2.65 bits per heavy atom. The molecule has 20 heavy (non-hydrogen) atoms. The summed E-state index contributed by atoms with van der Waals surface area (Å²) in [6, 6.07) is 11.1. The zero-order valence-corrected chi connectivity index (χ0v) is 12.9. The third-order valence-electron chi connectivity index (χ3n) is 4.91. The summed E-state index contributed by atoms with van der Waals surface area (Å²) in [4.78, 5) is 2.77. The minimum atomic E-state index is 0.528. The maximum Gasteiger partial charge on any atom is 0.0481 e. The number of rotatable bonds is 6. The lowest BCUT2D eigenvalue weighted by Crippen LogP contribution is -2.48. The van der Waals surface area contributed by atoms with Gasteiger partial charge in [0.15, 0.2) is 0 Å². The van der Waals surface area contributed by atoms with Crippen molar-refractivity contribution in [1.29, 1.82) is 0 Å². The van der Waals surface area contributed by atoms with Crippen molar-refractivity contribution < 1.29 is 0 Å². The highest BCUT2D eigenvalue weighted by Crippen LogP contribution is 2.38. The smallest absolute Gasteiger partial charge is 0.0481 e. The van der Waals surface area contributed by atoms with Crippen LogP contribution in [-0.2, 0) is 6.42 Å². The standard InChI is InChI=1S/C18H28N2/c1-3-13-19-18-16-8-6-5-7-14(16)9-12-17(18)20(4-2)15-10-11-15/h5-8,15,17-19H,3-4,9-13H2,1-2H3. The predicted octanol–water partition coefficient (Wildman–Crippen LogP) is 3.53. The molecule has 0 aromatic heterocycles. The summed E-state index contributed by atoms with van der Waals surface area (Å²) in [7, 11) is 0. The van der Waals surface area contributed by atoms with Crippen molar-refractivity contribution in [2.24, 2.45) is 0 Å². The van der Waals surface area contributed by atoms with Crippen molar-refractivity contribution in [2.75, 3.05) is 13.1 Å². The van der Waals surface area contributed by atoms with Gasteiger partial charge >= 0.3 is 0 Å². The van der Waals surface area contributed by atoms with Gasteiger partial charge in [-0.2, -0.15) is 0 Å². The first kappa shape index (κ1) is 14.1. The van der Waals surface area contributed by atoms with Crippen LogP contribution in [0.5, 0.6) is 0 Å². The van der Waals surface area contributed by atoms with Gasteiger partial charge in [0.2, 0.25) is 0 Å². The van der Waals surface area contributed by atoms with Gasteiger partial charge in [0.25, 0.3) is 0 Å². The Kier molecular flexibility index (Phi) is 4.42. The van der Waals surface area contributed by atoms with E-state index in [-0.39, 0.29) is 0 Å². The van der Waals surface area contributed by atoms with Crippen LogP contribution >= 0.6 is 0 Å². The molecule has 0 amide bonds. The molecular weight excluding hydrogens is 244 g/mol. The highest BCUT2D eigenvalue weighted by atomic mass is 15.2. The van der Waals surface area contributed by atoms with E-state index in [9.17, 15) is 0 Å². The summed E-state index contributed by atoms with van der Waals surface area (Å²) in [5, 5.41) is 3.83. The highest BCUT2D eigenvalue weighted by Gasteiger charge is 2.39. The van der Waals surface area contributed by atoms with Crippen LogP contribution in [0.15, 0.2) is 24.3 Å². The van der Waals surface area contributed by atoms with Crippen molar-refractivity contribution in [2.45, 2.75) is 64.1 Å². The molecule has 2 aliphatic carbocycles. The van der Waals surface area contributed by atoms with E-state index in [0.717, 1.165) is 12.6 Å². The number of benzene rings is 1. The Morgan fingerprint density at radius 1 is 1.15 bits per heavy atom. The van der Waals surface area contributed by atoms with Gasteiger partial charge in [0.1, 0.15) is 0 Å². The first-order chi connectivity index (χ1) is 9.85. The van der Waals surface area contributed by atoms with Gasteiger partial charge in [-0.25, -0.2) is 0 Å². The number of hydrogen-bond acceptors (Lipinski definition) is 2. The van der Waals surface area contributed by atoms with Crippen LogP contribution in [0.1, 0.15) is 56.7 Å². The highest BCUT2D eigenvalue weighted by molar-refractivity contribution is 5.34. The topological polar surface area (TPSA) is 15.3 Å². The van der Waals surface area contributed by atoms with Crippen molar-refractivity contribution in [1.82, 2.24) is 10.2 Å². The minimum absolute atomic E-state index is 0.528. The molecule has 2 nitrogen and oxygen atoms in total. The van der Waals surface area contributed by atoms with Gasteiger partial charge in [0.05, 0.1) is 0 Å². The van der Waals surface area contributed by atoms with Crippen LogP contribution in [0.2, 0.25) is 0 Å². The number of aryl methyl sites for hydroxylation is 1. The average molecular weight is 272 g/mol. The van der Waals surface area contributed by atoms with E-state index in [1.807, 2.05) is 0 Å².